The molecule has 0 radical (unpaired) electrons. The summed E-state index contributed by atoms with van der Waals surface area (Å²) in [7, 11) is 0. The fraction of sp³-hybridized carbons (Fsp3) is 0.312. The molecule has 2 rings (SSSR count). The molecule has 0 aliphatic carbocycles. The zero-order valence-electron chi connectivity index (χ0n) is 11.7. The number of benzene rings is 1. The third-order valence-electron chi connectivity index (χ3n) is 3.04. The van der Waals surface area contributed by atoms with E-state index in [2.05, 4.69) is 16.5 Å². The molecule has 2 aromatic rings. The van der Waals surface area contributed by atoms with E-state index in [1.54, 1.807) is 6.26 Å². The van der Waals surface area contributed by atoms with Gasteiger partial charge in [0.15, 0.2) is 0 Å². The Bertz CT molecular complexity index is 546. The Labute approximate surface area is 119 Å². The Morgan fingerprint density at radius 1 is 1.35 bits per heavy atom. The molecule has 0 atom stereocenters. The quantitative estimate of drug-likeness (QED) is 0.787. The van der Waals surface area contributed by atoms with E-state index in [9.17, 15) is 0 Å². The van der Waals surface area contributed by atoms with Gasteiger partial charge in [-0.2, -0.15) is 0 Å². The standard InChI is InChI=1S/C16H20N2O2/c1-3-8-18(9-10-19)11-15-12-20-16(17-15)14-6-4-13(2)5-7-14/h3-7,12,19H,1,8-11H2,2H3. The van der Waals surface area contributed by atoms with Gasteiger partial charge in [-0.25, -0.2) is 4.98 Å². The minimum atomic E-state index is 0.122. The highest BCUT2D eigenvalue weighted by molar-refractivity contribution is 5.53. The van der Waals surface area contributed by atoms with E-state index in [-0.39, 0.29) is 6.61 Å². The van der Waals surface area contributed by atoms with Gasteiger partial charge in [0, 0.05) is 25.2 Å². The summed E-state index contributed by atoms with van der Waals surface area (Å²) in [5.41, 5.74) is 3.04. The van der Waals surface area contributed by atoms with E-state index >= 15 is 0 Å². The molecule has 4 heteroatoms. The van der Waals surface area contributed by atoms with Gasteiger partial charge in [-0.1, -0.05) is 23.8 Å². The number of rotatable bonds is 7. The number of aliphatic hydroxyl groups excluding tert-OH is 1. The fourth-order valence-electron chi connectivity index (χ4n) is 2.00. The van der Waals surface area contributed by atoms with Crippen molar-refractivity contribution in [2.75, 3.05) is 19.7 Å². The summed E-state index contributed by atoms with van der Waals surface area (Å²) >= 11 is 0. The normalized spacial score (nSPS) is 10.9. The van der Waals surface area contributed by atoms with E-state index in [0.717, 1.165) is 11.3 Å². The third kappa shape index (κ3) is 3.79. The molecule has 4 nitrogen and oxygen atoms in total. The fourth-order valence-corrected chi connectivity index (χ4v) is 2.00. The molecule has 0 aliphatic rings. The molecule has 0 bridgehead atoms. The number of hydrogen-bond acceptors (Lipinski definition) is 4. The average molecular weight is 272 g/mol. The van der Waals surface area contributed by atoms with Crippen LogP contribution in [0.15, 0.2) is 47.6 Å². The van der Waals surface area contributed by atoms with Crippen molar-refractivity contribution in [1.82, 2.24) is 9.88 Å². The van der Waals surface area contributed by atoms with Crippen molar-refractivity contribution in [2.24, 2.45) is 0 Å². The number of nitrogens with zero attached hydrogens (tertiary/aromatic N) is 2. The molecule has 20 heavy (non-hydrogen) atoms. The van der Waals surface area contributed by atoms with E-state index in [4.69, 9.17) is 9.52 Å². The average Bonchev–Trinajstić information content (AvgIpc) is 2.89. The second-order valence-electron chi connectivity index (χ2n) is 4.76. The summed E-state index contributed by atoms with van der Waals surface area (Å²) in [5.74, 6) is 0.627. The Morgan fingerprint density at radius 3 is 2.75 bits per heavy atom. The van der Waals surface area contributed by atoms with E-state index in [0.29, 0.717) is 25.5 Å². The van der Waals surface area contributed by atoms with Crippen molar-refractivity contribution < 1.29 is 9.52 Å². The summed E-state index contributed by atoms with van der Waals surface area (Å²) in [5, 5.41) is 9.03. The third-order valence-corrected chi connectivity index (χ3v) is 3.04. The van der Waals surface area contributed by atoms with Crippen LogP contribution in [0.5, 0.6) is 0 Å². The van der Waals surface area contributed by atoms with Crippen LogP contribution in [-0.4, -0.2) is 34.7 Å². The van der Waals surface area contributed by atoms with Crippen LogP contribution in [0, 0.1) is 6.92 Å². The van der Waals surface area contributed by atoms with Gasteiger partial charge < -0.3 is 9.52 Å². The van der Waals surface area contributed by atoms with Crippen LogP contribution in [0.3, 0.4) is 0 Å². The summed E-state index contributed by atoms with van der Waals surface area (Å²) in [6, 6.07) is 8.07. The van der Waals surface area contributed by atoms with Crippen LogP contribution in [-0.2, 0) is 6.54 Å². The van der Waals surface area contributed by atoms with Crippen molar-refractivity contribution in [2.45, 2.75) is 13.5 Å². The molecule has 106 valence electrons. The first-order chi connectivity index (χ1) is 9.72. The van der Waals surface area contributed by atoms with Crippen LogP contribution in [0.2, 0.25) is 0 Å². The van der Waals surface area contributed by atoms with Crippen LogP contribution < -0.4 is 0 Å². The number of hydrogen-bond donors (Lipinski definition) is 1. The Kier molecular flexibility index (Phi) is 5.09. The van der Waals surface area contributed by atoms with Gasteiger partial charge in [-0.05, 0) is 19.1 Å². The molecule has 0 fully saturated rings. The van der Waals surface area contributed by atoms with Crippen molar-refractivity contribution in [3.05, 3.63) is 54.4 Å². The SMILES string of the molecule is C=CCN(CCO)Cc1coc(-c2ccc(C)cc2)n1. The van der Waals surface area contributed by atoms with Crippen molar-refractivity contribution in [3.63, 3.8) is 0 Å². The highest BCUT2D eigenvalue weighted by atomic mass is 16.3. The minimum Gasteiger partial charge on any atom is -0.444 e. The molecule has 1 N–H and O–H groups in total. The monoisotopic (exact) mass is 272 g/mol. The number of aromatic nitrogens is 1. The molecule has 0 saturated carbocycles. The predicted octanol–water partition coefficient (Wildman–Crippen LogP) is 2.63. The summed E-state index contributed by atoms with van der Waals surface area (Å²) < 4.78 is 5.52. The molecule has 0 spiro atoms. The lowest BCUT2D eigenvalue weighted by Crippen LogP contribution is -2.26. The van der Waals surface area contributed by atoms with Crippen LogP contribution in [0.1, 0.15) is 11.3 Å². The lowest BCUT2D eigenvalue weighted by molar-refractivity contribution is 0.202. The molecular weight excluding hydrogens is 252 g/mol. The first-order valence-corrected chi connectivity index (χ1v) is 6.68. The number of aliphatic hydroxyl groups is 1. The van der Waals surface area contributed by atoms with Crippen molar-refractivity contribution in [3.8, 4) is 11.5 Å². The Balaban J connectivity index is 2.08. The van der Waals surface area contributed by atoms with E-state index in [1.165, 1.54) is 5.56 Å². The summed E-state index contributed by atoms with van der Waals surface area (Å²) in [6.45, 7) is 7.84. The summed E-state index contributed by atoms with van der Waals surface area (Å²) in [6.07, 6.45) is 3.49. The molecule has 0 unspecified atom stereocenters. The van der Waals surface area contributed by atoms with Gasteiger partial charge in [0.25, 0.3) is 0 Å². The van der Waals surface area contributed by atoms with Crippen LogP contribution in [0.25, 0.3) is 11.5 Å². The van der Waals surface area contributed by atoms with Gasteiger partial charge in [0.1, 0.15) is 6.26 Å². The van der Waals surface area contributed by atoms with Gasteiger partial charge in [0.2, 0.25) is 5.89 Å². The molecule has 0 aliphatic heterocycles. The van der Waals surface area contributed by atoms with Crippen LogP contribution in [0.4, 0.5) is 0 Å². The van der Waals surface area contributed by atoms with Crippen LogP contribution >= 0.6 is 0 Å². The van der Waals surface area contributed by atoms with Crippen molar-refractivity contribution in [1.29, 1.82) is 0 Å². The topological polar surface area (TPSA) is 49.5 Å². The summed E-state index contributed by atoms with van der Waals surface area (Å²) in [4.78, 5) is 6.55. The zero-order valence-corrected chi connectivity index (χ0v) is 11.7. The highest BCUT2D eigenvalue weighted by Crippen LogP contribution is 2.19. The lowest BCUT2D eigenvalue weighted by Gasteiger charge is -2.17. The smallest absolute Gasteiger partial charge is 0.226 e. The largest absolute Gasteiger partial charge is 0.444 e. The maximum atomic E-state index is 9.03. The maximum absolute atomic E-state index is 9.03. The van der Waals surface area contributed by atoms with Gasteiger partial charge in [-0.3, -0.25) is 4.90 Å². The maximum Gasteiger partial charge on any atom is 0.226 e. The lowest BCUT2D eigenvalue weighted by atomic mass is 10.1. The molecule has 1 aromatic carbocycles. The number of aryl methyl sites for hydroxylation is 1. The van der Waals surface area contributed by atoms with Gasteiger partial charge >= 0.3 is 0 Å². The molecular formula is C16H20N2O2. The molecule has 1 heterocycles. The first kappa shape index (κ1) is 14.5. The van der Waals surface area contributed by atoms with Crippen molar-refractivity contribution >= 4 is 0 Å². The molecule has 0 amide bonds. The van der Waals surface area contributed by atoms with E-state index in [1.807, 2.05) is 37.3 Å². The Morgan fingerprint density at radius 2 is 2.10 bits per heavy atom. The van der Waals surface area contributed by atoms with E-state index < -0.39 is 0 Å². The number of oxazole rings is 1. The predicted molar refractivity (Wildman–Crippen MR) is 79.2 cm³/mol. The Hall–Kier alpha value is -1.91. The van der Waals surface area contributed by atoms with Gasteiger partial charge in [0.05, 0.1) is 12.3 Å². The second-order valence-corrected chi connectivity index (χ2v) is 4.76. The van der Waals surface area contributed by atoms with Gasteiger partial charge in [-0.15, -0.1) is 6.58 Å². The minimum absolute atomic E-state index is 0.122. The molecule has 1 aromatic heterocycles. The second kappa shape index (κ2) is 7.03. The highest BCUT2D eigenvalue weighted by Gasteiger charge is 2.10. The zero-order chi connectivity index (χ0) is 14.4. The first-order valence-electron chi connectivity index (χ1n) is 6.68. The molecule has 0 saturated heterocycles.